The van der Waals surface area contributed by atoms with Crippen molar-refractivity contribution in [3.05, 3.63) is 48.6 Å². The van der Waals surface area contributed by atoms with E-state index in [-0.39, 0.29) is 19.2 Å². The maximum absolute atomic E-state index is 11.4. The van der Waals surface area contributed by atoms with E-state index in [2.05, 4.69) is 55.5 Å². The summed E-state index contributed by atoms with van der Waals surface area (Å²) in [4.78, 5) is 11.4. The van der Waals surface area contributed by atoms with Gasteiger partial charge in [0, 0.05) is 6.42 Å². The fourth-order valence-corrected chi connectivity index (χ4v) is 2.25. The zero-order valence-electron chi connectivity index (χ0n) is 17.0. The van der Waals surface area contributed by atoms with Crippen molar-refractivity contribution in [2.24, 2.45) is 5.73 Å². The maximum Gasteiger partial charge on any atom is 0.305 e. The van der Waals surface area contributed by atoms with E-state index in [1.165, 1.54) is 25.7 Å². The van der Waals surface area contributed by atoms with Gasteiger partial charge in [-0.3, -0.25) is 4.79 Å². The molecule has 0 spiro atoms. The number of allylic oxidation sites excluding steroid dienone is 8. The van der Waals surface area contributed by atoms with E-state index in [9.17, 15) is 4.79 Å². The number of hydrogen-bond donors (Lipinski definition) is 2. The summed E-state index contributed by atoms with van der Waals surface area (Å²) in [5, 5.41) is 8.74. The highest BCUT2D eigenvalue weighted by molar-refractivity contribution is 5.69. The third-order valence-electron chi connectivity index (χ3n) is 3.90. The van der Waals surface area contributed by atoms with Crippen LogP contribution in [0.4, 0.5) is 0 Å². The molecule has 0 rings (SSSR count). The van der Waals surface area contributed by atoms with Crippen LogP contribution in [0.15, 0.2) is 48.6 Å². The van der Waals surface area contributed by atoms with E-state index >= 15 is 0 Å². The highest BCUT2D eigenvalue weighted by atomic mass is 16.5. The highest BCUT2D eigenvalue weighted by Crippen LogP contribution is 2.02. The van der Waals surface area contributed by atoms with Crippen LogP contribution in [-0.2, 0) is 9.53 Å². The smallest absolute Gasteiger partial charge is 0.305 e. The molecule has 0 aromatic heterocycles. The normalized spacial score (nSPS) is 13.4. The number of hydrogen-bond acceptors (Lipinski definition) is 4. The first-order chi connectivity index (χ1) is 13.2. The summed E-state index contributed by atoms with van der Waals surface area (Å²) in [6.45, 7) is 2.14. The quantitative estimate of drug-likeness (QED) is 0.213. The highest BCUT2D eigenvalue weighted by Gasteiger charge is 2.05. The van der Waals surface area contributed by atoms with Crippen LogP contribution >= 0.6 is 0 Å². The fraction of sp³-hybridized carbons (Fsp3) is 0.609. The van der Waals surface area contributed by atoms with E-state index in [0.29, 0.717) is 6.42 Å². The van der Waals surface area contributed by atoms with Crippen molar-refractivity contribution in [3.8, 4) is 0 Å². The molecule has 1 atom stereocenters. The van der Waals surface area contributed by atoms with E-state index in [0.717, 1.165) is 32.1 Å². The summed E-state index contributed by atoms with van der Waals surface area (Å²) in [5.41, 5.74) is 5.46. The average Bonchev–Trinajstić information content (AvgIpc) is 2.68. The third-order valence-corrected chi connectivity index (χ3v) is 3.90. The van der Waals surface area contributed by atoms with Gasteiger partial charge in [-0.15, -0.1) is 0 Å². The zero-order chi connectivity index (χ0) is 20.0. The molecule has 0 bridgehead atoms. The Balaban J connectivity index is 3.49. The Labute approximate surface area is 165 Å². The lowest BCUT2D eigenvalue weighted by atomic mass is 10.2. The van der Waals surface area contributed by atoms with Gasteiger partial charge < -0.3 is 15.6 Å². The van der Waals surface area contributed by atoms with Gasteiger partial charge >= 0.3 is 5.97 Å². The van der Waals surface area contributed by atoms with E-state index < -0.39 is 6.04 Å². The topological polar surface area (TPSA) is 72.5 Å². The summed E-state index contributed by atoms with van der Waals surface area (Å²) in [7, 11) is 0. The monoisotopic (exact) mass is 377 g/mol. The molecule has 4 heteroatoms. The molecule has 0 heterocycles. The number of carbonyl (C=O) groups is 1. The van der Waals surface area contributed by atoms with E-state index in [1.807, 2.05) is 0 Å². The van der Waals surface area contributed by atoms with Crippen LogP contribution in [0, 0.1) is 0 Å². The molecule has 4 nitrogen and oxygen atoms in total. The molecule has 0 fully saturated rings. The molecule has 0 aromatic carbocycles. The van der Waals surface area contributed by atoms with Crippen LogP contribution in [0.2, 0.25) is 0 Å². The summed E-state index contributed by atoms with van der Waals surface area (Å²) in [6.07, 6.45) is 27.5. The lowest BCUT2D eigenvalue weighted by molar-refractivity contribution is -0.144. The van der Waals surface area contributed by atoms with Gasteiger partial charge in [-0.25, -0.2) is 0 Å². The Bertz CT molecular complexity index is 453. The Morgan fingerprint density at radius 3 is 1.93 bits per heavy atom. The first-order valence-corrected chi connectivity index (χ1v) is 10.3. The summed E-state index contributed by atoms with van der Waals surface area (Å²) < 4.78 is 4.95. The van der Waals surface area contributed by atoms with Crippen LogP contribution in [-0.4, -0.2) is 30.3 Å². The second-order valence-corrected chi connectivity index (χ2v) is 6.61. The first kappa shape index (κ1) is 25.4. The van der Waals surface area contributed by atoms with Crippen molar-refractivity contribution in [3.63, 3.8) is 0 Å². The number of unbranched alkanes of at least 4 members (excludes halogenated alkanes) is 4. The SMILES string of the molecule is CCCCCC=CCC=CCC=CCC=CCCCC(=O)OC[C@H](N)CO. The Hall–Kier alpha value is -1.65. The van der Waals surface area contributed by atoms with Crippen molar-refractivity contribution < 1.29 is 14.6 Å². The Morgan fingerprint density at radius 1 is 0.889 bits per heavy atom. The van der Waals surface area contributed by atoms with Crippen LogP contribution in [0.25, 0.3) is 0 Å². The standard InChI is InChI=1S/C23H39NO3/c1-2-3-4-5-6-7-8-9-10-11-12-13-14-15-16-17-18-19-23(26)27-21-22(24)20-25/h6-7,9-10,12-13,15-16,22,25H,2-5,8,11,14,17-21,24H2,1H3/t22-/m1/s1. The number of rotatable bonds is 17. The number of esters is 1. The molecule has 3 N–H and O–H groups in total. The van der Waals surface area contributed by atoms with Gasteiger partial charge in [-0.2, -0.15) is 0 Å². The van der Waals surface area contributed by atoms with Crippen molar-refractivity contribution in [1.82, 2.24) is 0 Å². The number of nitrogens with two attached hydrogens (primary N) is 1. The minimum absolute atomic E-state index is 0.0830. The Kier molecular flexibility index (Phi) is 19.4. The fourth-order valence-electron chi connectivity index (χ4n) is 2.25. The average molecular weight is 378 g/mol. The zero-order valence-corrected chi connectivity index (χ0v) is 17.0. The lowest BCUT2D eigenvalue weighted by Crippen LogP contribution is -2.31. The number of carbonyl (C=O) groups excluding carboxylic acids is 1. The van der Waals surface area contributed by atoms with Crippen LogP contribution in [0.5, 0.6) is 0 Å². The summed E-state index contributed by atoms with van der Waals surface area (Å²) >= 11 is 0. The maximum atomic E-state index is 11.4. The molecule has 0 aliphatic carbocycles. The molecular formula is C23H39NO3. The molecule has 0 radical (unpaired) electrons. The van der Waals surface area contributed by atoms with Crippen molar-refractivity contribution >= 4 is 5.97 Å². The number of aliphatic hydroxyl groups excluding tert-OH is 1. The van der Waals surface area contributed by atoms with E-state index in [1.54, 1.807) is 0 Å². The number of aliphatic hydroxyl groups is 1. The molecule has 0 aliphatic rings. The van der Waals surface area contributed by atoms with Crippen LogP contribution in [0.3, 0.4) is 0 Å². The van der Waals surface area contributed by atoms with Crippen molar-refractivity contribution in [2.75, 3.05) is 13.2 Å². The molecule has 0 aliphatic heterocycles. The second kappa shape index (κ2) is 20.7. The molecular weight excluding hydrogens is 338 g/mol. The largest absolute Gasteiger partial charge is 0.464 e. The van der Waals surface area contributed by atoms with Crippen molar-refractivity contribution in [2.45, 2.75) is 77.2 Å². The summed E-state index contributed by atoms with van der Waals surface area (Å²) in [5.74, 6) is -0.255. The van der Waals surface area contributed by atoms with Gasteiger partial charge in [-0.1, -0.05) is 68.4 Å². The molecule has 27 heavy (non-hydrogen) atoms. The van der Waals surface area contributed by atoms with Crippen LogP contribution < -0.4 is 5.73 Å². The van der Waals surface area contributed by atoms with Gasteiger partial charge in [-0.05, 0) is 44.9 Å². The second-order valence-electron chi connectivity index (χ2n) is 6.61. The molecule has 0 aromatic rings. The molecule has 0 saturated carbocycles. The third kappa shape index (κ3) is 20.5. The van der Waals surface area contributed by atoms with Crippen LogP contribution in [0.1, 0.15) is 71.1 Å². The minimum Gasteiger partial charge on any atom is -0.464 e. The van der Waals surface area contributed by atoms with Gasteiger partial charge in [0.2, 0.25) is 0 Å². The predicted molar refractivity (Wildman–Crippen MR) is 114 cm³/mol. The molecule has 0 saturated heterocycles. The first-order valence-electron chi connectivity index (χ1n) is 10.3. The number of ether oxygens (including phenoxy) is 1. The summed E-state index contributed by atoms with van der Waals surface area (Å²) in [6, 6.07) is -0.484. The van der Waals surface area contributed by atoms with E-state index in [4.69, 9.17) is 15.6 Å². The molecule has 0 amide bonds. The molecule has 154 valence electrons. The van der Waals surface area contributed by atoms with Gasteiger partial charge in [0.15, 0.2) is 0 Å². The van der Waals surface area contributed by atoms with Gasteiger partial charge in [0.25, 0.3) is 0 Å². The molecule has 0 unspecified atom stereocenters. The predicted octanol–water partition coefficient (Wildman–Crippen LogP) is 4.99. The van der Waals surface area contributed by atoms with Gasteiger partial charge in [0.1, 0.15) is 6.61 Å². The van der Waals surface area contributed by atoms with Gasteiger partial charge in [0.05, 0.1) is 12.6 Å². The minimum atomic E-state index is -0.484. The van der Waals surface area contributed by atoms with Crippen molar-refractivity contribution in [1.29, 1.82) is 0 Å². The lowest BCUT2D eigenvalue weighted by Gasteiger charge is -2.08. The Morgan fingerprint density at radius 2 is 1.41 bits per heavy atom.